The number of rotatable bonds is 8. The lowest BCUT2D eigenvalue weighted by Crippen LogP contribution is -2.28. The molecule has 7 heteroatoms. The largest absolute Gasteiger partial charge is 0.462 e. The fourth-order valence-corrected chi connectivity index (χ4v) is 3.29. The van der Waals surface area contributed by atoms with E-state index in [0.717, 1.165) is 19.3 Å². The molecule has 1 fully saturated rings. The van der Waals surface area contributed by atoms with Crippen LogP contribution in [-0.2, 0) is 14.3 Å². The number of halogens is 1. The zero-order valence-corrected chi connectivity index (χ0v) is 16.9. The van der Waals surface area contributed by atoms with Crippen LogP contribution in [0.4, 0.5) is 15.8 Å². The Bertz CT molecular complexity index is 896. The molecule has 1 N–H and O–H groups in total. The average Bonchev–Trinajstić information content (AvgIpc) is 3.14. The van der Waals surface area contributed by atoms with Gasteiger partial charge in [0.1, 0.15) is 5.82 Å². The van der Waals surface area contributed by atoms with Crippen molar-refractivity contribution in [1.29, 1.82) is 0 Å². The quantitative estimate of drug-likeness (QED) is 0.522. The minimum Gasteiger partial charge on any atom is -0.462 e. The van der Waals surface area contributed by atoms with Gasteiger partial charge in [-0.25, -0.2) is 9.18 Å². The number of amides is 2. The Morgan fingerprint density at radius 2 is 1.80 bits per heavy atom. The van der Waals surface area contributed by atoms with Crippen molar-refractivity contribution < 1.29 is 23.5 Å². The first-order chi connectivity index (χ1) is 14.5. The maximum absolute atomic E-state index is 13.1. The summed E-state index contributed by atoms with van der Waals surface area (Å²) in [6.07, 6.45) is 3.00. The second-order valence-electron chi connectivity index (χ2n) is 7.29. The van der Waals surface area contributed by atoms with E-state index in [9.17, 15) is 18.8 Å². The molecule has 0 radical (unpaired) electrons. The first-order valence-corrected chi connectivity index (χ1v) is 10.1. The Morgan fingerprint density at radius 3 is 2.47 bits per heavy atom. The summed E-state index contributed by atoms with van der Waals surface area (Å²) in [5.74, 6) is -1.73. The van der Waals surface area contributed by atoms with Crippen LogP contribution < -0.4 is 10.2 Å². The van der Waals surface area contributed by atoms with Crippen LogP contribution in [0.1, 0.15) is 43.0 Å². The number of carbonyl (C=O) groups is 3. The van der Waals surface area contributed by atoms with Gasteiger partial charge >= 0.3 is 5.97 Å². The molecule has 1 atom stereocenters. The maximum atomic E-state index is 13.1. The molecular weight excluding hydrogens is 387 g/mol. The maximum Gasteiger partial charge on any atom is 0.338 e. The lowest BCUT2D eigenvalue weighted by Gasteiger charge is -2.16. The predicted octanol–water partition coefficient (Wildman–Crippen LogP) is 4.16. The molecule has 2 aromatic carbocycles. The summed E-state index contributed by atoms with van der Waals surface area (Å²) in [6, 6.07) is 12.1. The molecule has 2 amide bonds. The van der Waals surface area contributed by atoms with Gasteiger partial charge in [-0.1, -0.05) is 19.8 Å². The number of unbranched alkanes of at least 4 members (excludes halogenated alkanes) is 2. The Kier molecular flexibility index (Phi) is 7.17. The fourth-order valence-electron chi connectivity index (χ4n) is 3.29. The molecule has 30 heavy (non-hydrogen) atoms. The van der Waals surface area contributed by atoms with Crippen LogP contribution in [0.3, 0.4) is 0 Å². The van der Waals surface area contributed by atoms with E-state index in [1.54, 1.807) is 24.3 Å². The molecule has 0 aliphatic carbocycles. The van der Waals surface area contributed by atoms with Gasteiger partial charge in [-0.15, -0.1) is 0 Å². The molecule has 1 aliphatic heterocycles. The molecule has 0 bridgehead atoms. The molecule has 0 spiro atoms. The van der Waals surface area contributed by atoms with Crippen molar-refractivity contribution in [2.24, 2.45) is 5.92 Å². The highest BCUT2D eigenvalue weighted by molar-refractivity contribution is 6.03. The van der Waals surface area contributed by atoms with E-state index in [1.165, 1.54) is 29.2 Å². The molecule has 1 aliphatic rings. The van der Waals surface area contributed by atoms with Gasteiger partial charge in [-0.05, 0) is 55.0 Å². The van der Waals surface area contributed by atoms with Gasteiger partial charge in [0, 0.05) is 24.3 Å². The summed E-state index contributed by atoms with van der Waals surface area (Å²) in [5, 5.41) is 2.78. The molecule has 1 heterocycles. The van der Waals surface area contributed by atoms with Crippen LogP contribution in [-0.4, -0.2) is 30.9 Å². The second kappa shape index (κ2) is 10.0. The highest BCUT2D eigenvalue weighted by atomic mass is 19.1. The van der Waals surface area contributed by atoms with Crippen molar-refractivity contribution in [2.75, 3.05) is 23.4 Å². The van der Waals surface area contributed by atoms with Gasteiger partial charge in [0.05, 0.1) is 18.1 Å². The molecule has 6 nitrogen and oxygen atoms in total. The molecular formula is C23H25FN2O4. The van der Waals surface area contributed by atoms with E-state index >= 15 is 0 Å². The van der Waals surface area contributed by atoms with Crippen LogP contribution in [0, 0.1) is 11.7 Å². The van der Waals surface area contributed by atoms with Crippen LogP contribution >= 0.6 is 0 Å². The van der Waals surface area contributed by atoms with Crippen LogP contribution in [0.5, 0.6) is 0 Å². The van der Waals surface area contributed by atoms with Crippen molar-refractivity contribution in [3.8, 4) is 0 Å². The van der Waals surface area contributed by atoms with Crippen molar-refractivity contribution >= 4 is 29.2 Å². The van der Waals surface area contributed by atoms with Crippen molar-refractivity contribution in [3.05, 3.63) is 59.9 Å². The monoisotopic (exact) mass is 412 g/mol. The van der Waals surface area contributed by atoms with Crippen LogP contribution in [0.2, 0.25) is 0 Å². The highest BCUT2D eigenvalue weighted by Gasteiger charge is 2.35. The standard InChI is InChI=1S/C23H25FN2O4/c1-2-3-4-13-30-23(29)16-5-9-19(10-6-16)25-22(28)17-14-21(27)26(15-17)20-11-7-18(24)8-12-20/h5-12,17H,2-4,13-15H2,1H3,(H,25,28)/t17-/m0/s1. The van der Waals surface area contributed by atoms with Crippen LogP contribution in [0.15, 0.2) is 48.5 Å². The zero-order chi connectivity index (χ0) is 21.5. The van der Waals surface area contributed by atoms with Gasteiger partial charge in [0.2, 0.25) is 11.8 Å². The molecule has 1 saturated heterocycles. The van der Waals surface area contributed by atoms with E-state index in [2.05, 4.69) is 12.2 Å². The van der Waals surface area contributed by atoms with E-state index in [0.29, 0.717) is 23.5 Å². The van der Waals surface area contributed by atoms with E-state index in [-0.39, 0.29) is 36.6 Å². The third-order valence-corrected chi connectivity index (χ3v) is 5.00. The minimum absolute atomic E-state index is 0.0887. The zero-order valence-electron chi connectivity index (χ0n) is 16.9. The summed E-state index contributed by atoms with van der Waals surface area (Å²) in [6.45, 7) is 2.71. The Balaban J connectivity index is 1.54. The summed E-state index contributed by atoms with van der Waals surface area (Å²) >= 11 is 0. The molecule has 0 unspecified atom stereocenters. The van der Waals surface area contributed by atoms with E-state index in [4.69, 9.17) is 4.74 Å². The first kappa shape index (κ1) is 21.5. The number of nitrogens with zero attached hydrogens (tertiary/aromatic N) is 1. The SMILES string of the molecule is CCCCCOC(=O)c1ccc(NC(=O)[C@H]2CC(=O)N(c3ccc(F)cc3)C2)cc1. The normalized spacial score (nSPS) is 15.9. The van der Waals surface area contributed by atoms with Gasteiger partial charge in [-0.2, -0.15) is 0 Å². The van der Waals surface area contributed by atoms with Crippen molar-refractivity contribution in [3.63, 3.8) is 0 Å². The van der Waals surface area contributed by atoms with E-state index in [1.807, 2.05) is 0 Å². The van der Waals surface area contributed by atoms with Crippen LogP contribution in [0.25, 0.3) is 0 Å². The number of hydrogen-bond donors (Lipinski definition) is 1. The third kappa shape index (κ3) is 5.43. The molecule has 3 rings (SSSR count). The first-order valence-electron chi connectivity index (χ1n) is 10.1. The van der Waals surface area contributed by atoms with Crippen molar-refractivity contribution in [1.82, 2.24) is 0 Å². The highest BCUT2D eigenvalue weighted by Crippen LogP contribution is 2.26. The molecule has 0 saturated carbocycles. The Morgan fingerprint density at radius 1 is 1.10 bits per heavy atom. The van der Waals surface area contributed by atoms with E-state index < -0.39 is 5.92 Å². The average molecular weight is 412 g/mol. The van der Waals surface area contributed by atoms with Gasteiger partial charge in [0.15, 0.2) is 0 Å². The lowest BCUT2D eigenvalue weighted by molar-refractivity contribution is -0.122. The Labute approximate surface area is 175 Å². The molecule has 158 valence electrons. The number of esters is 1. The molecule has 2 aromatic rings. The van der Waals surface area contributed by atoms with Gasteiger partial charge < -0.3 is 15.0 Å². The summed E-state index contributed by atoms with van der Waals surface area (Å²) < 4.78 is 18.3. The molecule has 0 aromatic heterocycles. The lowest BCUT2D eigenvalue weighted by atomic mass is 10.1. The van der Waals surface area contributed by atoms with Crippen molar-refractivity contribution in [2.45, 2.75) is 32.6 Å². The smallest absolute Gasteiger partial charge is 0.338 e. The topological polar surface area (TPSA) is 75.7 Å². The summed E-state index contributed by atoms with van der Waals surface area (Å²) in [5.41, 5.74) is 1.52. The summed E-state index contributed by atoms with van der Waals surface area (Å²) in [4.78, 5) is 38.3. The Hall–Kier alpha value is -3.22. The summed E-state index contributed by atoms with van der Waals surface area (Å²) in [7, 11) is 0. The third-order valence-electron chi connectivity index (χ3n) is 5.00. The number of hydrogen-bond acceptors (Lipinski definition) is 4. The number of nitrogens with one attached hydrogen (secondary N) is 1. The van der Waals surface area contributed by atoms with Gasteiger partial charge in [-0.3, -0.25) is 9.59 Å². The second-order valence-corrected chi connectivity index (χ2v) is 7.29. The predicted molar refractivity (Wildman–Crippen MR) is 112 cm³/mol. The van der Waals surface area contributed by atoms with Gasteiger partial charge in [0.25, 0.3) is 0 Å². The number of benzene rings is 2. The minimum atomic E-state index is -0.509. The number of carbonyl (C=O) groups excluding carboxylic acids is 3. The number of ether oxygens (including phenoxy) is 1. The fraction of sp³-hybridized carbons (Fsp3) is 0.348. The number of anilines is 2.